The van der Waals surface area contributed by atoms with Crippen molar-refractivity contribution in [1.29, 1.82) is 0 Å². The van der Waals surface area contributed by atoms with Crippen molar-refractivity contribution in [2.45, 2.75) is 4.90 Å². The van der Waals surface area contributed by atoms with Crippen LogP contribution < -0.4 is 5.14 Å². The predicted molar refractivity (Wildman–Crippen MR) is 70.8 cm³/mol. The lowest BCUT2D eigenvalue weighted by Gasteiger charge is -2.06. The summed E-state index contributed by atoms with van der Waals surface area (Å²) in [7, 11) is -2.19. The van der Waals surface area contributed by atoms with Crippen LogP contribution in [0.2, 0.25) is 0 Å². The van der Waals surface area contributed by atoms with Crippen LogP contribution in [-0.2, 0) is 24.2 Å². The highest BCUT2D eigenvalue weighted by molar-refractivity contribution is 7.89. The first-order valence-corrected chi connectivity index (χ1v) is 7.36. The van der Waals surface area contributed by atoms with E-state index in [1.54, 1.807) is 7.11 Å². The van der Waals surface area contributed by atoms with Crippen molar-refractivity contribution in [2.75, 3.05) is 33.5 Å². The van der Waals surface area contributed by atoms with Gasteiger partial charge in [0.2, 0.25) is 10.0 Å². The summed E-state index contributed by atoms with van der Waals surface area (Å²) in [5.41, 5.74) is 0.245. The molecule has 0 amide bonds. The summed E-state index contributed by atoms with van der Waals surface area (Å²) < 4.78 is 37.0. The number of hydrogen-bond donors (Lipinski definition) is 1. The molecule has 0 atom stereocenters. The molecule has 1 aromatic rings. The molecule has 0 fully saturated rings. The molecule has 0 spiro atoms. The Morgan fingerprint density at radius 3 is 2.25 bits per heavy atom. The Hall–Kier alpha value is -1.48. The minimum Gasteiger partial charge on any atom is -0.460 e. The normalized spacial score (nSPS) is 11.3. The summed E-state index contributed by atoms with van der Waals surface area (Å²) in [4.78, 5) is 11.6. The van der Waals surface area contributed by atoms with E-state index in [0.717, 1.165) is 0 Å². The van der Waals surface area contributed by atoms with Gasteiger partial charge in [-0.3, -0.25) is 0 Å². The number of carbonyl (C=O) groups is 1. The number of rotatable bonds is 8. The molecule has 7 nitrogen and oxygen atoms in total. The van der Waals surface area contributed by atoms with Gasteiger partial charge in [-0.15, -0.1) is 0 Å². The lowest BCUT2D eigenvalue weighted by molar-refractivity contribution is 0.0213. The fraction of sp³-hybridized carbons (Fsp3) is 0.417. The van der Waals surface area contributed by atoms with Gasteiger partial charge < -0.3 is 14.2 Å². The van der Waals surface area contributed by atoms with E-state index in [4.69, 9.17) is 19.3 Å². The highest BCUT2D eigenvalue weighted by Gasteiger charge is 2.11. The first-order chi connectivity index (χ1) is 9.45. The highest BCUT2D eigenvalue weighted by atomic mass is 32.2. The fourth-order valence-electron chi connectivity index (χ4n) is 1.30. The standard InChI is InChI=1S/C12H17NO6S/c1-17-6-7-18-8-9-19-12(14)10-2-4-11(5-3-10)20(13,15)16/h2-5H,6-9H2,1H3,(H2,13,15,16). The van der Waals surface area contributed by atoms with Crippen LogP contribution >= 0.6 is 0 Å². The average molecular weight is 303 g/mol. The lowest BCUT2D eigenvalue weighted by atomic mass is 10.2. The zero-order chi connectivity index (χ0) is 15.0. The average Bonchev–Trinajstić information content (AvgIpc) is 2.41. The molecule has 0 aliphatic rings. The maximum atomic E-state index is 11.6. The number of hydrogen-bond acceptors (Lipinski definition) is 6. The predicted octanol–water partition coefficient (Wildman–Crippen LogP) is 0.154. The van der Waals surface area contributed by atoms with Gasteiger partial charge in [-0.2, -0.15) is 0 Å². The van der Waals surface area contributed by atoms with E-state index in [2.05, 4.69) is 0 Å². The Morgan fingerprint density at radius 2 is 1.70 bits per heavy atom. The number of carbonyl (C=O) groups excluding carboxylic acids is 1. The van der Waals surface area contributed by atoms with Crippen molar-refractivity contribution < 1.29 is 27.4 Å². The Bertz CT molecular complexity index is 525. The second-order valence-corrected chi connectivity index (χ2v) is 5.37. The molecule has 0 aromatic heterocycles. The first kappa shape index (κ1) is 16.6. The Kier molecular flexibility index (Phi) is 6.59. The van der Waals surface area contributed by atoms with Gasteiger partial charge in [-0.25, -0.2) is 18.4 Å². The molecule has 0 radical (unpaired) electrons. The highest BCUT2D eigenvalue weighted by Crippen LogP contribution is 2.09. The first-order valence-electron chi connectivity index (χ1n) is 5.82. The van der Waals surface area contributed by atoms with E-state index >= 15 is 0 Å². The van der Waals surface area contributed by atoms with Crippen LogP contribution in [0.3, 0.4) is 0 Å². The molecule has 1 aromatic carbocycles. The van der Waals surface area contributed by atoms with Crippen molar-refractivity contribution in [3.8, 4) is 0 Å². The number of nitrogens with two attached hydrogens (primary N) is 1. The van der Waals surface area contributed by atoms with Crippen LogP contribution in [0, 0.1) is 0 Å². The van der Waals surface area contributed by atoms with Crippen molar-refractivity contribution in [2.24, 2.45) is 5.14 Å². The largest absolute Gasteiger partial charge is 0.460 e. The van der Waals surface area contributed by atoms with Crippen molar-refractivity contribution >= 4 is 16.0 Å². The molecule has 0 saturated carbocycles. The number of sulfonamides is 1. The van der Waals surface area contributed by atoms with Gasteiger partial charge >= 0.3 is 5.97 Å². The minimum atomic E-state index is -3.76. The second kappa shape index (κ2) is 7.95. The van der Waals surface area contributed by atoms with Crippen LogP contribution in [-0.4, -0.2) is 47.9 Å². The Labute approximate surface area is 117 Å². The van der Waals surface area contributed by atoms with Crippen molar-refractivity contribution in [3.63, 3.8) is 0 Å². The number of methoxy groups -OCH3 is 1. The van der Waals surface area contributed by atoms with E-state index in [0.29, 0.717) is 13.2 Å². The summed E-state index contributed by atoms with van der Waals surface area (Å²) >= 11 is 0. The molecule has 0 saturated heterocycles. The van der Waals surface area contributed by atoms with Crippen LogP contribution in [0.25, 0.3) is 0 Å². The number of ether oxygens (including phenoxy) is 3. The third-order valence-electron chi connectivity index (χ3n) is 2.31. The fourth-order valence-corrected chi connectivity index (χ4v) is 1.82. The van der Waals surface area contributed by atoms with Gasteiger partial charge in [0, 0.05) is 7.11 Å². The maximum Gasteiger partial charge on any atom is 0.338 e. The third kappa shape index (κ3) is 5.66. The number of benzene rings is 1. The van der Waals surface area contributed by atoms with Crippen molar-refractivity contribution in [3.05, 3.63) is 29.8 Å². The second-order valence-electron chi connectivity index (χ2n) is 3.81. The zero-order valence-corrected chi connectivity index (χ0v) is 11.9. The quantitative estimate of drug-likeness (QED) is 0.541. The van der Waals surface area contributed by atoms with Crippen LogP contribution in [0.4, 0.5) is 0 Å². The van der Waals surface area contributed by atoms with E-state index < -0.39 is 16.0 Å². The molecule has 0 heterocycles. The summed E-state index contributed by atoms with van der Waals surface area (Å²) in [5, 5.41) is 4.95. The summed E-state index contributed by atoms with van der Waals surface area (Å²) in [6.07, 6.45) is 0. The van der Waals surface area contributed by atoms with Gasteiger partial charge in [0.1, 0.15) is 6.61 Å². The molecule has 20 heavy (non-hydrogen) atoms. The summed E-state index contributed by atoms with van der Waals surface area (Å²) in [6.45, 7) is 1.28. The Morgan fingerprint density at radius 1 is 1.10 bits per heavy atom. The van der Waals surface area contributed by atoms with Crippen LogP contribution in [0.1, 0.15) is 10.4 Å². The third-order valence-corrected chi connectivity index (χ3v) is 3.24. The molecule has 0 bridgehead atoms. The lowest BCUT2D eigenvalue weighted by Crippen LogP contribution is -2.14. The Balaban J connectivity index is 2.40. The number of primary sulfonamides is 1. The SMILES string of the molecule is COCCOCCOC(=O)c1ccc(S(N)(=O)=O)cc1. The smallest absolute Gasteiger partial charge is 0.338 e. The van der Waals surface area contributed by atoms with E-state index in [-0.39, 0.29) is 23.7 Å². The topological polar surface area (TPSA) is 105 Å². The molecular weight excluding hydrogens is 286 g/mol. The van der Waals surface area contributed by atoms with Gasteiger partial charge in [0.25, 0.3) is 0 Å². The summed E-state index contributed by atoms with van der Waals surface area (Å²) in [6, 6.07) is 5.18. The van der Waals surface area contributed by atoms with Gasteiger partial charge in [-0.1, -0.05) is 0 Å². The molecule has 0 aliphatic carbocycles. The van der Waals surface area contributed by atoms with Crippen molar-refractivity contribution in [1.82, 2.24) is 0 Å². The molecule has 0 aliphatic heterocycles. The van der Waals surface area contributed by atoms with E-state index in [9.17, 15) is 13.2 Å². The van der Waals surface area contributed by atoms with Gasteiger partial charge in [-0.05, 0) is 24.3 Å². The molecule has 2 N–H and O–H groups in total. The van der Waals surface area contributed by atoms with Crippen LogP contribution in [0.15, 0.2) is 29.2 Å². The summed E-state index contributed by atoms with van der Waals surface area (Å²) in [5.74, 6) is -0.554. The number of esters is 1. The maximum absolute atomic E-state index is 11.6. The molecular formula is C12H17NO6S. The van der Waals surface area contributed by atoms with E-state index in [1.165, 1.54) is 24.3 Å². The minimum absolute atomic E-state index is 0.0584. The van der Waals surface area contributed by atoms with E-state index in [1.807, 2.05) is 0 Å². The molecule has 1 rings (SSSR count). The molecule has 112 valence electrons. The molecule has 0 unspecified atom stereocenters. The monoisotopic (exact) mass is 303 g/mol. The van der Waals surface area contributed by atoms with Gasteiger partial charge in [0.15, 0.2) is 0 Å². The molecule has 8 heteroatoms. The van der Waals surface area contributed by atoms with Gasteiger partial charge in [0.05, 0.1) is 30.3 Å². The zero-order valence-electron chi connectivity index (χ0n) is 11.1. The van der Waals surface area contributed by atoms with Crippen LogP contribution in [0.5, 0.6) is 0 Å².